The number of rotatable bonds is 7. The number of carbonyl (C=O) groups is 2. The van der Waals surface area contributed by atoms with Crippen LogP contribution in [0.4, 0.5) is 5.69 Å². The van der Waals surface area contributed by atoms with Crippen LogP contribution in [0.15, 0.2) is 48.5 Å². The van der Waals surface area contributed by atoms with Crippen molar-refractivity contribution in [3.05, 3.63) is 65.2 Å². The second kappa shape index (κ2) is 8.87. The maximum absolute atomic E-state index is 12.1. The Labute approximate surface area is 142 Å². The average molecular weight is 325 g/mol. The molecule has 1 N–H and O–H groups in total. The van der Waals surface area contributed by atoms with Crippen molar-refractivity contribution in [2.24, 2.45) is 0 Å². The lowest BCUT2D eigenvalue weighted by atomic mass is 10.1. The molecule has 0 saturated heterocycles. The first-order valence-electron chi connectivity index (χ1n) is 8.21. The third-order valence-corrected chi connectivity index (χ3v) is 3.62. The molecule has 0 radical (unpaired) electrons. The van der Waals surface area contributed by atoms with Crippen LogP contribution in [0.25, 0.3) is 0 Å². The quantitative estimate of drug-likeness (QED) is 0.615. The Morgan fingerprint density at radius 3 is 2.29 bits per heavy atom. The maximum Gasteiger partial charge on any atom is 0.338 e. The smallest absolute Gasteiger partial charge is 0.338 e. The molecule has 0 aromatic heterocycles. The zero-order valence-electron chi connectivity index (χ0n) is 14.2. The first-order valence-corrected chi connectivity index (χ1v) is 8.21. The van der Waals surface area contributed by atoms with Crippen LogP contribution in [0.5, 0.6) is 0 Å². The molecule has 0 aliphatic carbocycles. The number of hydrogen-bond donors (Lipinski definition) is 1. The monoisotopic (exact) mass is 325 g/mol. The van der Waals surface area contributed by atoms with Gasteiger partial charge in [0.25, 0.3) is 0 Å². The first kappa shape index (κ1) is 17.7. The van der Waals surface area contributed by atoms with Crippen molar-refractivity contribution in [1.82, 2.24) is 0 Å². The highest BCUT2D eigenvalue weighted by Crippen LogP contribution is 2.12. The summed E-state index contributed by atoms with van der Waals surface area (Å²) in [5, 5.41) is 2.83. The largest absolute Gasteiger partial charge is 0.462 e. The summed E-state index contributed by atoms with van der Waals surface area (Å²) < 4.78 is 5.15. The normalized spacial score (nSPS) is 10.2. The Kier molecular flexibility index (Phi) is 6.55. The number of unbranched alkanes of at least 4 members (excludes halogenated alkanes) is 1. The highest BCUT2D eigenvalue weighted by molar-refractivity contribution is 5.94. The van der Waals surface area contributed by atoms with Gasteiger partial charge in [-0.15, -0.1) is 0 Å². The minimum atomic E-state index is -0.332. The number of ether oxygens (including phenoxy) is 1. The Hall–Kier alpha value is -2.62. The molecular weight excluding hydrogens is 302 g/mol. The molecule has 0 spiro atoms. The molecule has 0 aliphatic rings. The average Bonchev–Trinajstić information content (AvgIpc) is 2.58. The summed E-state index contributed by atoms with van der Waals surface area (Å²) in [6.45, 7) is 4.49. The van der Waals surface area contributed by atoms with E-state index in [4.69, 9.17) is 4.74 Å². The van der Waals surface area contributed by atoms with Crippen molar-refractivity contribution in [1.29, 1.82) is 0 Å². The van der Waals surface area contributed by atoms with E-state index in [2.05, 4.69) is 5.32 Å². The van der Waals surface area contributed by atoms with Gasteiger partial charge in [-0.05, 0) is 43.2 Å². The van der Waals surface area contributed by atoms with Crippen LogP contribution in [0, 0.1) is 6.92 Å². The van der Waals surface area contributed by atoms with E-state index < -0.39 is 0 Å². The van der Waals surface area contributed by atoms with Gasteiger partial charge in [-0.3, -0.25) is 4.79 Å². The van der Waals surface area contributed by atoms with Crippen LogP contribution in [0.1, 0.15) is 41.3 Å². The van der Waals surface area contributed by atoms with Crippen LogP contribution in [-0.4, -0.2) is 18.5 Å². The van der Waals surface area contributed by atoms with Gasteiger partial charge in [0.1, 0.15) is 0 Å². The lowest BCUT2D eigenvalue weighted by Gasteiger charge is -2.07. The predicted molar refractivity (Wildman–Crippen MR) is 95.1 cm³/mol. The number of carbonyl (C=O) groups excluding carboxylic acids is 2. The Bertz CT molecular complexity index is 675. The number of nitrogens with one attached hydrogen (secondary N) is 1. The van der Waals surface area contributed by atoms with E-state index >= 15 is 0 Å². The highest BCUT2D eigenvalue weighted by Gasteiger charge is 2.08. The molecule has 0 heterocycles. The van der Waals surface area contributed by atoms with Crippen molar-refractivity contribution in [2.75, 3.05) is 11.9 Å². The molecule has 126 valence electrons. The number of hydrogen-bond acceptors (Lipinski definition) is 3. The van der Waals surface area contributed by atoms with Gasteiger partial charge in [-0.25, -0.2) is 4.79 Å². The fourth-order valence-electron chi connectivity index (χ4n) is 2.18. The topological polar surface area (TPSA) is 55.4 Å². The number of aryl methyl sites for hydroxylation is 1. The molecular formula is C20H23NO3. The van der Waals surface area contributed by atoms with Crippen molar-refractivity contribution in [2.45, 2.75) is 33.1 Å². The van der Waals surface area contributed by atoms with Gasteiger partial charge >= 0.3 is 5.97 Å². The minimum absolute atomic E-state index is 0.0860. The van der Waals surface area contributed by atoms with Crippen LogP contribution < -0.4 is 5.32 Å². The van der Waals surface area contributed by atoms with Crippen molar-refractivity contribution in [3.63, 3.8) is 0 Å². The zero-order valence-corrected chi connectivity index (χ0v) is 14.2. The predicted octanol–water partition coefficient (Wildman–Crippen LogP) is 4.13. The molecule has 1 amide bonds. The molecule has 0 bridgehead atoms. The molecule has 0 unspecified atom stereocenters. The lowest BCUT2D eigenvalue weighted by molar-refractivity contribution is -0.115. The summed E-state index contributed by atoms with van der Waals surface area (Å²) in [5.41, 5.74) is 3.29. The molecule has 2 aromatic carbocycles. The van der Waals surface area contributed by atoms with Gasteiger partial charge < -0.3 is 10.1 Å². The van der Waals surface area contributed by atoms with Crippen LogP contribution in [0.2, 0.25) is 0 Å². The summed E-state index contributed by atoms with van der Waals surface area (Å²) >= 11 is 0. The second-order valence-electron chi connectivity index (χ2n) is 5.78. The van der Waals surface area contributed by atoms with Gasteiger partial charge in [0.05, 0.1) is 18.6 Å². The molecule has 4 heteroatoms. The second-order valence-corrected chi connectivity index (χ2v) is 5.78. The molecule has 24 heavy (non-hydrogen) atoms. The fourth-order valence-corrected chi connectivity index (χ4v) is 2.18. The highest BCUT2D eigenvalue weighted by atomic mass is 16.5. The van der Waals surface area contributed by atoms with Gasteiger partial charge in [0.2, 0.25) is 5.91 Å². The number of anilines is 1. The SMILES string of the molecule is CCCCOC(=O)c1ccc(NC(=O)Cc2ccc(C)cc2)cc1. The summed E-state index contributed by atoms with van der Waals surface area (Å²) in [6, 6.07) is 14.6. The Morgan fingerprint density at radius 1 is 1.00 bits per heavy atom. The number of amides is 1. The third kappa shape index (κ3) is 5.54. The number of esters is 1. The standard InChI is InChI=1S/C20H23NO3/c1-3-4-13-24-20(23)17-9-11-18(12-10-17)21-19(22)14-16-7-5-15(2)6-8-16/h5-12H,3-4,13-14H2,1-2H3,(H,21,22). The van der Waals surface area contributed by atoms with E-state index in [1.54, 1.807) is 24.3 Å². The molecule has 2 rings (SSSR count). The summed E-state index contributed by atoms with van der Waals surface area (Å²) in [6.07, 6.45) is 2.17. The lowest BCUT2D eigenvalue weighted by Crippen LogP contribution is -2.14. The van der Waals surface area contributed by atoms with E-state index in [1.807, 2.05) is 38.1 Å². The molecule has 2 aromatic rings. The minimum Gasteiger partial charge on any atom is -0.462 e. The third-order valence-electron chi connectivity index (χ3n) is 3.62. The summed E-state index contributed by atoms with van der Waals surface area (Å²) in [5.74, 6) is -0.418. The summed E-state index contributed by atoms with van der Waals surface area (Å²) in [4.78, 5) is 23.9. The van der Waals surface area contributed by atoms with E-state index in [0.29, 0.717) is 24.3 Å². The van der Waals surface area contributed by atoms with Crippen molar-refractivity contribution < 1.29 is 14.3 Å². The van der Waals surface area contributed by atoms with Gasteiger partial charge in [0.15, 0.2) is 0 Å². The molecule has 0 fully saturated rings. The van der Waals surface area contributed by atoms with Gasteiger partial charge in [-0.2, -0.15) is 0 Å². The molecule has 0 saturated carbocycles. The zero-order chi connectivity index (χ0) is 17.4. The number of benzene rings is 2. The first-order chi connectivity index (χ1) is 11.6. The van der Waals surface area contributed by atoms with E-state index in [-0.39, 0.29) is 11.9 Å². The van der Waals surface area contributed by atoms with E-state index in [9.17, 15) is 9.59 Å². The Morgan fingerprint density at radius 2 is 1.67 bits per heavy atom. The van der Waals surface area contributed by atoms with E-state index in [1.165, 1.54) is 5.56 Å². The van der Waals surface area contributed by atoms with Crippen LogP contribution in [0.3, 0.4) is 0 Å². The van der Waals surface area contributed by atoms with Crippen LogP contribution in [-0.2, 0) is 16.0 Å². The van der Waals surface area contributed by atoms with E-state index in [0.717, 1.165) is 18.4 Å². The molecule has 4 nitrogen and oxygen atoms in total. The van der Waals surface area contributed by atoms with Gasteiger partial charge in [-0.1, -0.05) is 43.2 Å². The summed E-state index contributed by atoms with van der Waals surface area (Å²) in [7, 11) is 0. The maximum atomic E-state index is 12.1. The van der Waals surface area contributed by atoms with Crippen molar-refractivity contribution in [3.8, 4) is 0 Å². The fraction of sp³-hybridized carbons (Fsp3) is 0.300. The molecule has 0 atom stereocenters. The van der Waals surface area contributed by atoms with Crippen LogP contribution >= 0.6 is 0 Å². The van der Waals surface area contributed by atoms with Gasteiger partial charge in [0, 0.05) is 5.69 Å². The van der Waals surface area contributed by atoms with Crippen molar-refractivity contribution >= 4 is 17.6 Å². The molecule has 0 aliphatic heterocycles. The Balaban J connectivity index is 1.87.